The summed E-state index contributed by atoms with van der Waals surface area (Å²) in [6, 6.07) is 2.92. The molecule has 21 heavy (non-hydrogen) atoms. The van der Waals surface area contributed by atoms with Gasteiger partial charge in [-0.25, -0.2) is 18.0 Å². The Kier molecular flexibility index (Phi) is 7.58. The molecule has 0 saturated carbocycles. The molecule has 9 heteroatoms. The van der Waals surface area contributed by atoms with Crippen molar-refractivity contribution in [2.45, 2.75) is 11.3 Å². The lowest BCUT2D eigenvalue weighted by Gasteiger charge is -2.11. The molecule has 0 spiro atoms. The van der Waals surface area contributed by atoms with E-state index < -0.39 is 34.8 Å². The van der Waals surface area contributed by atoms with Crippen LogP contribution in [0.4, 0.5) is 23.7 Å². The number of alkyl halides is 2. The average molecular weight is 340 g/mol. The van der Waals surface area contributed by atoms with Gasteiger partial charge >= 0.3 is 6.03 Å². The Balaban J connectivity index is 2.65. The molecule has 0 aromatic heterocycles. The van der Waals surface area contributed by atoms with E-state index in [-0.39, 0.29) is 12.2 Å². The van der Waals surface area contributed by atoms with Gasteiger partial charge in [0.15, 0.2) is 0 Å². The minimum absolute atomic E-state index is 0.121. The van der Waals surface area contributed by atoms with Crippen LogP contribution in [0.1, 0.15) is 0 Å². The number of benzene rings is 1. The van der Waals surface area contributed by atoms with Gasteiger partial charge in [0.1, 0.15) is 5.82 Å². The minimum Gasteiger partial charge on any atom is -0.337 e. The second-order valence-electron chi connectivity index (χ2n) is 4.00. The van der Waals surface area contributed by atoms with Crippen LogP contribution in [-0.4, -0.2) is 41.0 Å². The van der Waals surface area contributed by atoms with Crippen molar-refractivity contribution in [3.8, 4) is 0 Å². The van der Waals surface area contributed by atoms with Crippen molar-refractivity contribution in [1.82, 2.24) is 5.32 Å². The fourth-order valence-corrected chi connectivity index (χ4v) is 2.48. The van der Waals surface area contributed by atoms with Gasteiger partial charge in [0.25, 0.3) is 0 Å². The zero-order valence-electron chi connectivity index (χ0n) is 11.2. The van der Waals surface area contributed by atoms with Crippen LogP contribution in [0.2, 0.25) is 0 Å². The van der Waals surface area contributed by atoms with E-state index in [1.807, 2.05) is 0 Å². The van der Waals surface area contributed by atoms with E-state index in [0.29, 0.717) is 10.6 Å². The predicted octanol–water partition coefficient (Wildman–Crippen LogP) is 2.68. The molecule has 1 aromatic rings. The normalized spacial score (nSPS) is 12.2. The van der Waals surface area contributed by atoms with Crippen molar-refractivity contribution in [2.75, 3.05) is 29.6 Å². The molecular weight excluding hydrogens is 325 g/mol. The summed E-state index contributed by atoms with van der Waals surface area (Å²) >= 11 is 0.827. The third-order valence-electron chi connectivity index (χ3n) is 2.23. The van der Waals surface area contributed by atoms with Crippen molar-refractivity contribution in [1.29, 1.82) is 0 Å². The summed E-state index contributed by atoms with van der Waals surface area (Å²) in [7, 11) is -1.03. The summed E-state index contributed by atoms with van der Waals surface area (Å²) in [5, 5.41) is 4.85. The van der Waals surface area contributed by atoms with E-state index in [9.17, 15) is 22.2 Å². The lowest BCUT2D eigenvalue weighted by atomic mass is 10.3. The molecular formula is C12H15F3N2O2S2. The van der Waals surface area contributed by atoms with E-state index in [2.05, 4.69) is 10.6 Å². The first kappa shape index (κ1) is 17.8. The van der Waals surface area contributed by atoms with E-state index >= 15 is 0 Å². The molecule has 0 saturated heterocycles. The molecule has 1 atom stereocenters. The number of nitrogens with one attached hydrogen (secondary N) is 2. The summed E-state index contributed by atoms with van der Waals surface area (Å²) in [5.41, 5.74) is 0.121. The number of thioether (sulfide) groups is 1. The molecule has 0 bridgehead atoms. The first-order chi connectivity index (χ1) is 9.88. The molecule has 0 fully saturated rings. The van der Waals surface area contributed by atoms with Gasteiger partial charge in [-0.1, -0.05) is 0 Å². The van der Waals surface area contributed by atoms with Crippen LogP contribution in [0.3, 0.4) is 0 Å². The molecule has 1 aromatic carbocycles. The molecule has 4 nitrogen and oxygen atoms in total. The number of rotatable bonds is 7. The van der Waals surface area contributed by atoms with E-state index in [4.69, 9.17) is 0 Å². The third-order valence-corrected chi connectivity index (χ3v) is 4.09. The van der Waals surface area contributed by atoms with E-state index in [0.717, 1.165) is 23.9 Å². The molecule has 0 aliphatic carbocycles. The topological polar surface area (TPSA) is 58.2 Å². The second-order valence-corrected chi connectivity index (χ2v) is 6.62. The van der Waals surface area contributed by atoms with E-state index in [1.54, 1.807) is 0 Å². The quantitative estimate of drug-likeness (QED) is 0.751. The maximum absolute atomic E-state index is 13.2. The van der Waals surface area contributed by atoms with Crippen LogP contribution >= 0.6 is 11.8 Å². The molecule has 0 aliphatic heterocycles. The fourth-order valence-electron chi connectivity index (χ4n) is 1.35. The maximum Gasteiger partial charge on any atom is 0.319 e. The summed E-state index contributed by atoms with van der Waals surface area (Å²) in [5.74, 6) is -0.735. The second kappa shape index (κ2) is 8.93. The Morgan fingerprint density at radius 3 is 2.76 bits per heavy atom. The molecule has 2 amide bonds. The molecule has 0 aliphatic rings. The lowest BCUT2D eigenvalue weighted by Crippen LogP contribution is -2.32. The van der Waals surface area contributed by atoms with Gasteiger partial charge in [0, 0.05) is 34.2 Å². The number of hydrogen-bond acceptors (Lipinski definition) is 3. The van der Waals surface area contributed by atoms with Crippen LogP contribution in [0.25, 0.3) is 0 Å². The summed E-state index contributed by atoms with van der Waals surface area (Å²) in [6.45, 7) is 0.198. The lowest BCUT2D eigenvalue weighted by molar-refractivity contribution is 0.177. The standard InChI is InChI=1S/C12H15F3N2O2S2/c1-21(19)5-4-16-12(18)17-9-6-8(13)2-3-10(9)20-7-11(14)15/h2-3,6,11H,4-5,7H2,1H3,(H2,16,17,18)/t21-/m1/s1. The van der Waals surface area contributed by atoms with Crippen molar-refractivity contribution < 1.29 is 22.2 Å². The highest BCUT2D eigenvalue weighted by Gasteiger charge is 2.11. The van der Waals surface area contributed by atoms with Gasteiger partial charge in [-0.05, 0) is 18.2 Å². The number of amides is 2. The summed E-state index contributed by atoms with van der Waals surface area (Å²) in [6.07, 6.45) is -0.994. The third kappa shape index (κ3) is 7.37. The first-order valence-electron chi connectivity index (χ1n) is 5.94. The van der Waals surface area contributed by atoms with Gasteiger partial charge in [-0.3, -0.25) is 4.21 Å². The SMILES string of the molecule is C[S@@](=O)CCNC(=O)Nc1cc(F)ccc1SCC(F)F. The van der Waals surface area contributed by atoms with E-state index in [1.165, 1.54) is 12.3 Å². The number of hydrogen-bond donors (Lipinski definition) is 2. The summed E-state index contributed by atoms with van der Waals surface area (Å²) < 4.78 is 48.5. The van der Waals surface area contributed by atoms with Gasteiger partial charge < -0.3 is 10.6 Å². The van der Waals surface area contributed by atoms with Gasteiger partial charge in [0.05, 0.1) is 11.4 Å². The summed E-state index contributed by atoms with van der Waals surface area (Å²) in [4.78, 5) is 11.9. The Hall–Kier alpha value is -1.22. The largest absolute Gasteiger partial charge is 0.337 e. The maximum atomic E-state index is 13.2. The highest BCUT2D eigenvalue weighted by molar-refractivity contribution is 7.99. The zero-order valence-corrected chi connectivity index (χ0v) is 12.8. The van der Waals surface area contributed by atoms with Crippen molar-refractivity contribution in [3.63, 3.8) is 0 Å². The van der Waals surface area contributed by atoms with Gasteiger partial charge in [0.2, 0.25) is 6.43 Å². The van der Waals surface area contributed by atoms with Gasteiger partial charge in [-0.15, -0.1) is 11.8 Å². The fraction of sp³-hybridized carbons (Fsp3) is 0.417. The zero-order chi connectivity index (χ0) is 15.8. The van der Waals surface area contributed by atoms with Crippen molar-refractivity contribution >= 4 is 34.3 Å². The Morgan fingerprint density at radius 2 is 2.14 bits per heavy atom. The Bertz CT molecular complexity index is 515. The van der Waals surface area contributed by atoms with Crippen molar-refractivity contribution in [2.24, 2.45) is 0 Å². The Labute approximate surface area is 127 Å². The molecule has 1 rings (SSSR count). The molecule has 0 heterocycles. The first-order valence-corrected chi connectivity index (χ1v) is 8.65. The predicted molar refractivity (Wildman–Crippen MR) is 79.1 cm³/mol. The highest BCUT2D eigenvalue weighted by Crippen LogP contribution is 2.29. The number of halogens is 3. The average Bonchev–Trinajstić information content (AvgIpc) is 2.37. The minimum atomic E-state index is -2.50. The van der Waals surface area contributed by atoms with Crippen LogP contribution in [0, 0.1) is 5.82 Å². The smallest absolute Gasteiger partial charge is 0.319 e. The highest BCUT2D eigenvalue weighted by atomic mass is 32.2. The number of carbonyl (C=O) groups is 1. The van der Waals surface area contributed by atoms with Crippen LogP contribution in [0.5, 0.6) is 0 Å². The number of carbonyl (C=O) groups excluding carboxylic acids is 1. The number of anilines is 1. The Morgan fingerprint density at radius 1 is 1.43 bits per heavy atom. The van der Waals surface area contributed by atoms with Crippen molar-refractivity contribution in [3.05, 3.63) is 24.0 Å². The van der Waals surface area contributed by atoms with Gasteiger partial charge in [-0.2, -0.15) is 0 Å². The molecule has 2 N–H and O–H groups in total. The molecule has 0 unspecified atom stereocenters. The molecule has 118 valence electrons. The number of urea groups is 1. The van der Waals surface area contributed by atoms with Crippen LogP contribution in [0.15, 0.2) is 23.1 Å². The molecule has 0 radical (unpaired) electrons. The van der Waals surface area contributed by atoms with Crippen LogP contribution < -0.4 is 10.6 Å². The monoisotopic (exact) mass is 340 g/mol. The van der Waals surface area contributed by atoms with Crippen LogP contribution in [-0.2, 0) is 10.8 Å².